The topological polar surface area (TPSA) is 82.1 Å². The van der Waals surface area contributed by atoms with Crippen molar-refractivity contribution in [3.05, 3.63) is 42.2 Å². The molecule has 25 heavy (non-hydrogen) atoms. The maximum Gasteiger partial charge on any atom is 0.270 e. The van der Waals surface area contributed by atoms with Gasteiger partial charge in [0.1, 0.15) is 11.9 Å². The largest absolute Gasteiger partial charge is 0.416 e. The third-order valence-electron chi connectivity index (χ3n) is 3.93. The van der Waals surface area contributed by atoms with Crippen molar-refractivity contribution in [2.24, 2.45) is 0 Å². The van der Waals surface area contributed by atoms with Crippen LogP contribution >= 0.6 is 0 Å². The van der Waals surface area contributed by atoms with Crippen LogP contribution < -0.4 is 0 Å². The van der Waals surface area contributed by atoms with Gasteiger partial charge in [0, 0.05) is 13.1 Å². The van der Waals surface area contributed by atoms with Gasteiger partial charge in [0.15, 0.2) is 5.69 Å². The van der Waals surface area contributed by atoms with E-state index in [4.69, 9.17) is 9.15 Å². The van der Waals surface area contributed by atoms with Crippen LogP contribution in [0, 0.1) is 5.82 Å². The monoisotopic (exact) mass is 344 g/mol. The van der Waals surface area contributed by atoms with Gasteiger partial charge in [-0.1, -0.05) is 0 Å². The van der Waals surface area contributed by atoms with Crippen molar-refractivity contribution in [1.29, 1.82) is 0 Å². The molecule has 130 valence electrons. The number of likely N-dealkylation sites (N-methyl/N-ethyl adjacent to an activating group) is 1. The van der Waals surface area contributed by atoms with E-state index in [0.717, 1.165) is 6.54 Å². The normalized spacial score (nSPS) is 21.6. The lowest BCUT2D eigenvalue weighted by Gasteiger charge is -2.32. The van der Waals surface area contributed by atoms with Crippen molar-refractivity contribution >= 4 is 0 Å². The smallest absolute Gasteiger partial charge is 0.270 e. The highest BCUT2D eigenvalue weighted by molar-refractivity contribution is 5.44. The first kappa shape index (κ1) is 15.9. The molecular weight excluding hydrogens is 327 g/mol. The van der Waals surface area contributed by atoms with Gasteiger partial charge in [-0.05, 0) is 38.2 Å². The Morgan fingerprint density at radius 3 is 2.72 bits per heavy atom. The van der Waals surface area contributed by atoms with Crippen LogP contribution in [0.25, 0.3) is 17.3 Å². The van der Waals surface area contributed by atoms with Crippen molar-refractivity contribution < 1.29 is 13.5 Å². The number of morpholine rings is 1. The van der Waals surface area contributed by atoms with Crippen molar-refractivity contribution in [2.45, 2.75) is 19.1 Å². The Labute approximate surface area is 143 Å². The molecule has 0 unspecified atom stereocenters. The Hall–Kier alpha value is -2.65. The predicted molar refractivity (Wildman–Crippen MR) is 85.4 cm³/mol. The number of nitrogens with zero attached hydrogens (tertiary/aromatic N) is 6. The Bertz CT molecular complexity index is 852. The summed E-state index contributed by atoms with van der Waals surface area (Å²) in [6, 6.07) is 5.87. The highest BCUT2D eigenvalue weighted by Crippen LogP contribution is 2.25. The van der Waals surface area contributed by atoms with E-state index in [0.29, 0.717) is 23.8 Å². The molecule has 3 aromatic rings. The summed E-state index contributed by atoms with van der Waals surface area (Å²) < 4.78 is 24.6. The number of benzene rings is 1. The maximum absolute atomic E-state index is 13.0. The number of rotatable bonds is 3. The molecule has 0 bridgehead atoms. The molecule has 0 N–H and O–H groups in total. The summed E-state index contributed by atoms with van der Waals surface area (Å²) in [6.45, 7) is 3.56. The maximum atomic E-state index is 13.0. The first-order valence-corrected chi connectivity index (χ1v) is 7.94. The molecule has 2 atom stereocenters. The van der Waals surface area contributed by atoms with E-state index < -0.39 is 0 Å². The summed E-state index contributed by atoms with van der Waals surface area (Å²) >= 11 is 0. The Morgan fingerprint density at radius 2 is 1.96 bits per heavy atom. The second-order valence-electron chi connectivity index (χ2n) is 6.10. The fourth-order valence-corrected chi connectivity index (χ4v) is 2.83. The number of hydrogen-bond donors (Lipinski definition) is 0. The van der Waals surface area contributed by atoms with Gasteiger partial charge in [-0.15, -0.1) is 15.3 Å². The van der Waals surface area contributed by atoms with E-state index >= 15 is 0 Å². The minimum Gasteiger partial charge on any atom is -0.416 e. The van der Waals surface area contributed by atoms with Crippen molar-refractivity contribution in [3.8, 4) is 17.3 Å². The molecule has 4 rings (SSSR count). The number of ether oxygens (including phenoxy) is 1. The molecule has 0 radical (unpaired) electrons. The summed E-state index contributed by atoms with van der Waals surface area (Å²) in [4.78, 5) is 3.54. The highest BCUT2D eigenvalue weighted by Gasteiger charge is 2.29. The minimum atomic E-state index is -0.315. The molecule has 1 aliphatic heterocycles. The molecule has 0 amide bonds. The van der Waals surface area contributed by atoms with E-state index in [1.165, 1.54) is 23.1 Å². The third-order valence-corrected chi connectivity index (χ3v) is 3.93. The van der Waals surface area contributed by atoms with E-state index in [1.54, 1.807) is 12.1 Å². The van der Waals surface area contributed by atoms with Crippen molar-refractivity contribution in [1.82, 2.24) is 30.1 Å². The van der Waals surface area contributed by atoms with E-state index in [2.05, 4.69) is 25.3 Å². The van der Waals surface area contributed by atoms with Gasteiger partial charge in [-0.2, -0.15) is 9.90 Å². The Morgan fingerprint density at radius 1 is 1.16 bits per heavy atom. The van der Waals surface area contributed by atoms with E-state index in [9.17, 15) is 4.39 Å². The van der Waals surface area contributed by atoms with Gasteiger partial charge in [0.25, 0.3) is 5.89 Å². The zero-order valence-electron chi connectivity index (χ0n) is 13.8. The summed E-state index contributed by atoms with van der Waals surface area (Å²) in [5.74, 6) is 0.377. The van der Waals surface area contributed by atoms with Gasteiger partial charge < -0.3 is 14.1 Å². The lowest BCUT2D eigenvalue weighted by molar-refractivity contribution is -0.0821. The first-order chi connectivity index (χ1) is 12.1. The standard InChI is InChI=1S/C16H17FN6O2/c1-10-8-22(2)9-14(24-10)16-20-19-15(25-16)13-7-18-23(21-13)12-5-3-11(17)4-6-12/h3-7,10,14H,8-9H2,1-2H3/t10-,14-/m1/s1. The predicted octanol–water partition coefficient (Wildman–Crippen LogP) is 1.85. The Balaban J connectivity index is 1.55. The van der Waals surface area contributed by atoms with Gasteiger partial charge in [-0.25, -0.2) is 4.39 Å². The number of halogens is 1. The summed E-state index contributed by atoms with van der Waals surface area (Å²) in [6.07, 6.45) is 1.36. The first-order valence-electron chi connectivity index (χ1n) is 7.94. The minimum absolute atomic E-state index is 0.0958. The van der Waals surface area contributed by atoms with Crippen LogP contribution in [0.3, 0.4) is 0 Å². The van der Waals surface area contributed by atoms with Crippen LogP contribution in [0.2, 0.25) is 0 Å². The molecule has 1 aliphatic rings. The number of aromatic nitrogens is 5. The van der Waals surface area contributed by atoms with Crippen LogP contribution in [-0.2, 0) is 4.74 Å². The fourth-order valence-electron chi connectivity index (χ4n) is 2.83. The van der Waals surface area contributed by atoms with Gasteiger partial charge in [0.2, 0.25) is 5.89 Å². The molecule has 1 aromatic carbocycles. The second-order valence-corrected chi connectivity index (χ2v) is 6.10. The summed E-state index contributed by atoms with van der Waals surface area (Å²) in [5, 5.41) is 16.6. The zero-order chi connectivity index (χ0) is 17.4. The average molecular weight is 344 g/mol. The molecule has 9 heteroatoms. The van der Waals surface area contributed by atoms with Crippen LogP contribution in [0.15, 0.2) is 34.9 Å². The molecular formula is C16H17FN6O2. The molecule has 1 saturated heterocycles. The third kappa shape index (κ3) is 3.28. The average Bonchev–Trinajstić information content (AvgIpc) is 3.24. The second kappa shape index (κ2) is 6.34. The SMILES string of the molecule is C[C@@H]1CN(C)C[C@H](c2nnc(-c3cnn(-c4ccc(F)cc4)n3)o2)O1. The van der Waals surface area contributed by atoms with E-state index in [1.807, 2.05) is 14.0 Å². The Kier molecular flexibility index (Phi) is 4.02. The lowest BCUT2D eigenvalue weighted by Crippen LogP contribution is -2.40. The van der Waals surface area contributed by atoms with Crippen LogP contribution in [0.4, 0.5) is 4.39 Å². The van der Waals surface area contributed by atoms with Crippen LogP contribution in [0.1, 0.15) is 18.9 Å². The van der Waals surface area contributed by atoms with Crippen molar-refractivity contribution in [2.75, 3.05) is 20.1 Å². The molecule has 3 heterocycles. The molecule has 0 saturated carbocycles. The molecule has 2 aromatic heterocycles. The van der Waals surface area contributed by atoms with Gasteiger partial charge in [0.05, 0.1) is 18.0 Å². The molecule has 0 spiro atoms. The lowest BCUT2D eigenvalue weighted by atomic mass is 10.2. The van der Waals surface area contributed by atoms with Gasteiger partial charge >= 0.3 is 0 Å². The fraction of sp³-hybridized carbons (Fsp3) is 0.375. The molecule has 1 fully saturated rings. The molecule has 0 aliphatic carbocycles. The molecule has 8 nitrogen and oxygen atoms in total. The van der Waals surface area contributed by atoms with Crippen molar-refractivity contribution in [3.63, 3.8) is 0 Å². The quantitative estimate of drug-likeness (QED) is 0.717. The van der Waals surface area contributed by atoms with Crippen LogP contribution in [0.5, 0.6) is 0 Å². The summed E-state index contributed by atoms with van der Waals surface area (Å²) in [5.41, 5.74) is 1.08. The highest BCUT2D eigenvalue weighted by atomic mass is 19.1. The van der Waals surface area contributed by atoms with Gasteiger partial charge in [-0.3, -0.25) is 0 Å². The van der Waals surface area contributed by atoms with E-state index in [-0.39, 0.29) is 23.9 Å². The van der Waals surface area contributed by atoms with Crippen LogP contribution in [-0.4, -0.2) is 56.3 Å². The summed E-state index contributed by atoms with van der Waals surface area (Å²) in [7, 11) is 2.03. The number of hydrogen-bond acceptors (Lipinski definition) is 7. The zero-order valence-corrected chi connectivity index (χ0v) is 13.8.